The van der Waals surface area contributed by atoms with Crippen LogP contribution in [0.3, 0.4) is 0 Å². The fourth-order valence-electron chi connectivity index (χ4n) is 2.03. The maximum atomic E-state index is 12.3. The standard InChI is InChI=1S/C11H14ClF3N4S/c1-20-10-16-8(12)6-9(17-10)19-4-2-18(3-5-19)7-11(13,14)15/h6H,2-5,7H2,1H3. The van der Waals surface area contributed by atoms with Crippen molar-refractivity contribution >= 4 is 29.2 Å². The van der Waals surface area contributed by atoms with Crippen LogP contribution in [0.1, 0.15) is 0 Å². The lowest BCUT2D eigenvalue weighted by Crippen LogP contribution is -2.49. The van der Waals surface area contributed by atoms with Gasteiger partial charge in [0, 0.05) is 32.2 Å². The Balaban J connectivity index is 1.98. The van der Waals surface area contributed by atoms with Gasteiger partial charge in [-0.2, -0.15) is 13.2 Å². The zero-order valence-corrected chi connectivity index (χ0v) is 12.4. The van der Waals surface area contributed by atoms with E-state index >= 15 is 0 Å². The van der Waals surface area contributed by atoms with Crippen LogP contribution in [-0.4, -0.2) is 60.0 Å². The van der Waals surface area contributed by atoms with Crippen molar-refractivity contribution < 1.29 is 13.2 Å². The van der Waals surface area contributed by atoms with Crippen LogP contribution >= 0.6 is 23.4 Å². The molecule has 0 aromatic carbocycles. The minimum Gasteiger partial charge on any atom is -0.354 e. The van der Waals surface area contributed by atoms with Gasteiger partial charge >= 0.3 is 6.18 Å². The first-order valence-corrected chi connectivity index (χ1v) is 7.60. The number of hydrogen-bond acceptors (Lipinski definition) is 5. The first-order chi connectivity index (χ1) is 9.37. The molecule has 1 aliphatic heterocycles. The molecule has 1 aliphatic rings. The average Bonchev–Trinajstić information content (AvgIpc) is 2.37. The first kappa shape index (κ1) is 15.7. The topological polar surface area (TPSA) is 32.3 Å². The third-order valence-corrected chi connectivity index (χ3v) is 3.68. The quantitative estimate of drug-likeness (QED) is 0.484. The van der Waals surface area contributed by atoms with E-state index in [0.717, 1.165) is 0 Å². The van der Waals surface area contributed by atoms with Crippen LogP contribution in [0.4, 0.5) is 19.0 Å². The van der Waals surface area contributed by atoms with Crippen molar-refractivity contribution in [2.45, 2.75) is 11.3 Å². The van der Waals surface area contributed by atoms with Crippen molar-refractivity contribution in [2.24, 2.45) is 0 Å². The summed E-state index contributed by atoms with van der Waals surface area (Å²) < 4.78 is 36.9. The fraction of sp³-hybridized carbons (Fsp3) is 0.636. The number of nitrogens with zero attached hydrogens (tertiary/aromatic N) is 4. The van der Waals surface area contributed by atoms with Gasteiger partial charge in [-0.25, -0.2) is 9.97 Å². The second kappa shape index (κ2) is 6.36. The van der Waals surface area contributed by atoms with Crippen LogP contribution in [-0.2, 0) is 0 Å². The van der Waals surface area contributed by atoms with Crippen molar-refractivity contribution in [1.29, 1.82) is 0 Å². The Morgan fingerprint density at radius 1 is 1.25 bits per heavy atom. The molecule has 1 aromatic rings. The Morgan fingerprint density at radius 2 is 1.90 bits per heavy atom. The van der Waals surface area contributed by atoms with E-state index in [1.807, 2.05) is 11.2 Å². The molecule has 20 heavy (non-hydrogen) atoms. The first-order valence-electron chi connectivity index (χ1n) is 6.00. The zero-order valence-electron chi connectivity index (χ0n) is 10.8. The fourth-order valence-corrected chi connectivity index (χ4v) is 2.63. The molecule has 9 heteroatoms. The number of piperazine rings is 1. The molecule has 0 aliphatic carbocycles. The average molecular weight is 327 g/mol. The number of aromatic nitrogens is 2. The Kier molecular flexibility index (Phi) is 4.98. The highest BCUT2D eigenvalue weighted by Gasteiger charge is 2.32. The van der Waals surface area contributed by atoms with Crippen molar-refractivity contribution in [1.82, 2.24) is 14.9 Å². The number of hydrogen-bond donors (Lipinski definition) is 0. The molecular formula is C11H14ClF3N4S. The molecule has 0 spiro atoms. The number of anilines is 1. The molecule has 0 atom stereocenters. The smallest absolute Gasteiger partial charge is 0.354 e. The van der Waals surface area contributed by atoms with Gasteiger partial charge in [-0.1, -0.05) is 23.4 Å². The van der Waals surface area contributed by atoms with Gasteiger partial charge in [-0.3, -0.25) is 4.90 Å². The summed E-state index contributed by atoms with van der Waals surface area (Å²) in [6.07, 6.45) is -2.30. The summed E-state index contributed by atoms with van der Waals surface area (Å²) in [7, 11) is 0. The largest absolute Gasteiger partial charge is 0.401 e. The number of halogens is 4. The number of alkyl halides is 3. The molecule has 1 fully saturated rings. The molecule has 2 rings (SSSR count). The summed E-state index contributed by atoms with van der Waals surface area (Å²) in [6, 6.07) is 1.64. The van der Waals surface area contributed by atoms with E-state index in [0.29, 0.717) is 42.3 Å². The molecule has 1 aromatic heterocycles. The van der Waals surface area contributed by atoms with Gasteiger partial charge in [0.1, 0.15) is 11.0 Å². The highest BCUT2D eigenvalue weighted by atomic mass is 35.5. The molecule has 4 nitrogen and oxygen atoms in total. The van der Waals surface area contributed by atoms with E-state index in [2.05, 4.69) is 9.97 Å². The van der Waals surface area contributed by atoms with Gasteiger partial charge in [0.25, 0.3) is 0 Å². The zero-order chi connectivity index (χ0) is 14.8. The second-order valence-electron chi connectivity index (χ2n) is 4.41. The van der Waals surface area contributed by atoms with E-state index < -0.39 is 12.7 Å². The van der Waals surface area contributed by atoms with Gasteiger partial charge in [0.2, 0.25) is 0 Å². The number of rotatable bonds is 3. The van der Waals surface area contributed by atoms with E-state index in [9.17, 15) is 13.2 Å². The molecule has 0 bridgehead atoms. The van der Waals surface area contributed by atoms with Gasteiger partial charge in [0.15, 0.2) is 5.16 Å². The van der Waals surface area contributed by atoms with Gasteiger partial charge in [0.05, 0.1) is 6.54 Å². The minimum atomic E-state index is -4.15. The monoisotopic (exact) mass is 326 g/mol. The highest BCUT2D eigenvalue weighted by Crippen LogP contribution is 2.22. The molecule has 1 saturated heterocycles. The SMILES string of the molecule is CSc1nc(Cl)cc(N2CCN(CC(F)(F)F)CC2)n1. The summed E-state index contributed by atoms with van der Waals surface area (Å²) in [5.41, 5.74) is 0. The minimum absolute atomic E-state index is 0.345. The van der Waals surface area contributed by atoms with Crippen molar-refractivity contribution in [3.63, 3.8) is 0 Å². The summed E-state index contributed by atoms with van der Waals surface area (Å²) >= 11 is 7.29. The summed E-state index contributed by atoms with van der Waals surface area (Å²) in [5.74, 6) is 0.668. The van der Waals surface area contributed by atoms with Gasteiger partial charge in [-0.05, 0) is 6.26 Å². The maximum Gasteiger partial charge on any atom is 0.401 e. The molecule has 0 radical (unpaired) electrons. The third kappa shape index (κ3) is 4.39. The van der Waals surface area contributed by atoms with Crippen molar-refractivity contribution in [3.8, 4) is 0 Å². The van der Waals surface area contributed by atoms with E-state index in [4.69, 9.17) is 11.6 Å². The van der Waals surface area contributed by atoms with E-state index in [1.165, 1.54) is 16.7 Å². The van der Waals surface area contributed by atoms with Crippen molar-refractivity contribution in [2.75, 3.05) is 43.9 Å². The maximum absolute atomic E-state index is 12.3. The molecule has 0 unspecified atom stereocenters. The Labute approximate surface area is 124 Å². The third-order valence-electron chi connectivity index (χ3n) is 2.94. The van der Waals surface area contributed by atoms with Gasteiger partial charge in [-0.15, -0.1) is 0 Å². The molecule has 2 heterocycles. The second-order valence-corrected chi connectivity index (χ2v) is 5.57. The van der Waals surface area contributed by atoms with Crippen LogP contribution in [0.2, 0.25) is 5.15 Å². The summed E-state index contributed by atoms with van der Waals surface area (Å²) in [6.45, 7) is 0.849. The normalized spacial score (nSPS) is 17.6. The molecule has 0 saturated carbocycles. The van der Waals surface area contributed by atoms with Crippen LogP contribution in [0.25, 0.3) is 0 Å². The highest BCUT2D eigenvalue weighted by molar-refractivity contribution is 7.98. The Hall–Kier alpha value is -0.730. The van der Waals surface area contributed by atoms with Gasteiger partial charge < -0.3 is 4.90 Å². The predicted molar refractivity (Wildman–Crippen MR) is 73.5 cm³/mol. The Morgan fingerprint density at radius 3 is 2.45 bits per heavy atom. The predicted octanol–water partition coefficient (Wildman–Crippen LogP) is 2.54. The van der Waals surface area contributed by atoms with Crippen molar-refractivity contribution in [3.05, 3.63) is 11.2 Å². The summed E-state index contributed by atoms with van der Waals surface area (Å²) in [4.78, 5) is 11.7. The lowest BCUT2D eigenvalue weighted by Gasteiger charge is -2.35. The lowest BCUT2D eigenvalue weighted by molar-refractivity contribution is -0.146. The molecule has 0 amide bonds. The van der Waals surface area contributed by atoms with Crippen LogP contribution < -0.4 is 4.90 Å². The van der Waals surface area contributed by atoms with Crippen LogP contribution in [0, 0.1) is 0 Å². The molecular weight excluding hydrogens is 313 g/mol. The lowest BCUT2D eigenvalue weighted by atomic mass is 10.3. The van der Waals surface area contributed by atoms with Crippen LogP contribution in [0.15, 0.2) is 11.2 Å². The molecule has 112 valence electrons. The summed E-state index contributed by atoms with van der Waals surface area (Å²) in [5, 5.41) is 0.905. The number of thioether (sulfide) groups is 1. The van der Waals surface area contributed by atoms with E-state index in [1.54, 1.807) is 6.07 Å². The molecule has 0 N–H and O–H groups in total. The van der Waals surface area contributed by atoms with E-state index in [-0.39, 0.29) is 0 Å². The Bertz CT molecular complexity index is 463. The van der Waals surface area contributed by atoms with Crippen LogP contribution in [0.5, 0.6) is 0 Å².